The predicted octanol–water partition coefficient (Wildman–Crippen LogP) is 4.57. The number of carbonyl (C=O) groups is 1. The van der Waals surface area contributed by atoms with Gasteiger partial charge in [-0.05, 0) is 43.5 Å². The van der Waals surface area contributed by atoms with Crippen molar-refractivity contribution in [3.63, 3.8) is 0 Å². The third-order valence-corrected chi connectivity index (χ3v) is 4.92. The van der Waals surface area contributed by atoms with Crippen molar-refractivity contribution in [3.8, 4) is 0 Å². The molecular weight excluding hydrogens is 401 g/mol. The van der Waals surface area contributed by atoms with E-state index in [-0.39, 0.29) is 23.6 Å². The van der Waals surface area contributed by atoms with Crippen molar-refractivity contribution in [3.05, 3.63) is 57.6 Å². The Balaban J connectivity index is 1.76. The van der Waals surface area contributed by atoms with Gasteiger partial charge >= 0.3 is 6.18 Å². The van der Waals surface area contributed by atoms with Gasteiger partial charge in [-0.15, -0.1) is 0 Å². The van der Waals surface area contributed by atoms with E-state index in [4.69, 9.17) is 0 Å². The zero-order valence-electron chi connectivity index (χ0n) is 16.3. The van der Waals surface area contributed by atoms with Crippen molar-refractivity contribution < 1.29 is 22.9 Å². The molecule has 0 atom stereocenters. The average molecular weight is 422 g/mol. The molecule has 0 saturated carbocycles. The zero-order valence-corrected chi connectivity index (χ0v) is 16.3. The molecule has 0 aliphatic carbocycles. The van der Waals surface area contributed by atoms with Crippen LogP contribution in [0.15, 0.2) is 36.4 Å². The molecule has 0 spiro atoms. The van der Waals surface area contributed by atoms with Gasteiger partial charge in [0, 0.05) is 25.2 Å². The van der Waals surface area contributed by atoms with Crippen molar-refractivity contribution in [1.82, 2.24) is 0 Å². The standard InChI is InChI=1S/C20H21F3N4O3/c1-13-4-6-15(27(29)30)11-16(13)25-19(28)12-24-17-10-14(20(21,22)23)5-7-18(17)26-8-2-3-9-26/h4-7,10-11,24H,2-3,8-9,12H2,1H3,(H,25,28). The topological polar surface area (TPSA) is 87.5 Å². The Morgan fingerprint density at radius 1 is 1.13 bits per heavy atom. The van der Waals surface area contributed by atoms with Crippen LogP contribution in [0.1, 0.15) is 24.0 Å². The Labute approximate surface area is 171 Å². The Hall–Kier alpha value is -3.30. The summed E-state index contributed by atoms with van der Waals surface area (Å²) in [6.07, 6.45) is -2.59. The van der Waals surface area contributed by atoms with Crippen LogP contribution in [-0.4, -0.2) is 30.5 Å². The van der Waals surface area contributed by atoms with Crippen molar-refractivity contribution in [2.24, 2.45) is 0 Å². The maximum Gasteiger partial charge on any atom is 0.416 e. The Bertz CT molecular complexity index is 957. The molecule has 1 saturated heterocycles. The first kappa shape index (κ1) is 21.4. The molecule has 1 heterocycles. The highest BCUT2D eigenvalue weighted by Gasteiger charge is 2.31. The van der Waals surface area contributed by atoms with Crippen LogP contribution >= 0.6 is 0 Å². The summed E-state index contributed by atoms with van der Waals surface area (Å²) >= 11 is 0. The maximum atomic E-state index is 13.1. The van der Waals surface area contributed by atoms with E-state index in [1.165, 1.54) is 24.3 Å². The summed E-state index contributed by atoms with van der Waals surface area (Å²) in [6, 6.07) is 7.53. The van der Waals surface area contributed by atoms with Crippen molar-refractivity contribution in [1.29, 1.82) is 0 Å². The number of nitrogens with one attached hydrogen (secondary N) is 2. The van der Waals surface area contributed by atoms with Crippen LogP contribution in [-0.2, 0) is 11.0 Å². The minimum atomic E-state index is -4.50. The van der Waals surface area contributed by atoms with E-state index in [2.05, 4.69) is 10.6 Å². The molecule has 1 amide bonds. The number of aryl methyl sites for hydroxylation is 1. The molecular formula is C20H21F3N4O3. The van der Waals surface area contributed by atoms with Crippen LogP contribution in [0.3, 0.4) is 0 Å². The number of nitrogens with zero attached hydrogens (tertiary/aromatic N) is 2. The average Bonchev–Trinajstić information content (AvgIpc) is 3.21. The Kier molecular flexibility index (Phi) is 6.14. The van der Waals surface area contributed by atoms with E-state index in [0.29, 0.717) is 11.3 Å². The predicted molar refractivity (Wildman–Crippen MR) is 108 cm³/mol. The monoisotopic (exact) mass is 422 g/mol. The number of carbonyl (C=O) groups excluding carboxylic acids is 1. The number of hydrogen-bond donors (Lipinski definition) is 2. The largest absolute Gasteiger partial charge is 0.416 e. The highest BCUT2D eigenvalue weighted by Crippen LogP contribution is 2.36. The molecule has 1 aliphatic rings. The van der Waals surface area contributed by atoms with E-state index in [0.717, 1.165) is 38.1 Å². The molecule has 0 radical (unpaired) electrons. The molecule has 2 N–H and O–H groups in total. The normalized spacial score (nSPS) is 13.9. The summed E-state index contributed by atoms with van der Waals surface area (Å²) in [7, 11) is 0. The van der Waals surface area contributed by atoms with Gasteiger partial charge in [0.15, 0.2) is 0 Å². The third-order valence-electron chi connectivity index (χ3n) is 4.92. The molecule has 2 aromatic carbocycles. The van der Waals surface area contributed by atoms with Crippen molar-refractivity contribution in [2.75, 3.05) is 35.2 Å². The number of alkyl halides is 3. The van der Waals surface area contributed by atoms with E-state index < -0.39 is 22.6 Å². The van der Waals surface area contributed by atoms with Gasteiger partial charge in [0.05, 0.1) is 34.1 Å². The van der Waals surface area contributed by atoms with Crippen LogP contribution in [0.25, 0.3) is 0 Å². The number of non-ortho nitro benzene ring substituents is 1. The molecule has 0 aromatic heterocycles. The van der Waals surface area contributed by atoms with Crippen molar-refractivity contribution in [2.45, 2.75) is 25.9 Å². The van der Waals surface area contributed by atoms with Gasteiger partial charge < -0.3 is 15.5 Å². The van der Waals surface area contributed by atoms with Crippen LogP contribution in [0.4, 0.5) is 35.9 Å². The van der Waals surface area contributed by atoms with E-state index >= 15 is 0 Å². The quantitative estimate of drug-likeness (QED) is 0.526. The third kappa shape index (κ3) is 5.00. The zero-order chi connectivity index (χ0) is 21.9. The van der Waals surface area contributed by atoms with Crippen molar-refractivity contribution >= 4 is 28.7 Å². The Morgan fingerprint density at radius 3 is 2.47 bits per heavy atom. The van der Waals surface area contributed by atoms with Gasteiger partial charge in [0.1, 0.15) is 0 Å². The summed E-state index contributed by atoms with van der Waals surface area (Å²) in [4.78, 5) is 24.7. The van der Waals surface area contributed by atoms with Gasteiger partial charge in [0.2, 0.25) is 5.91 Å². The number of benzene rings is 2. The minimum Gasteiger partial charge on any atom is -0.374 e. The summed E-state index contributed by atoms with van der Waals surface area (Å²) in [5, 5.41) is 16.3. The van der Waals surface area contributed by atoms with Gasteiger partial charge in [0.25, 0.3) is 5.69 Å². The molecule has 0 bridgehead atoms. The van der Waals surface area contributed by atoms with Gasteiger partial charge in [-0.1, -0.05) is 6.07 Å². The lowest BCUT2D eigenvalue weighted by Crippen LogP contribution is -2.25. The fourth-order valence-corrected chi connectivity index (χ4v) is 3.32. The van der Waals surface area contributed by atoms with Gasteiger partial charge in [-0.25, -0.2) is 0 Å². The summed E-state index contributed by atoms with van der Waals surface area (Å²) in [5.41, 5.74) is 0.768. The second-order valence-electron chi connectivity index (χ2n) is 7.08. The summed E-state index contributed by atoms with van der Waals surface area (Å²) < 4.78 is 39.4. The van der Waals surface area contributed by atoms with Gasteiger partial charge in [-0.3, -0.25) is 14.9 Å². The first-order valence-electron chi connectivity index (χ1n) is 9.40. The molecule has 2 aromatic rings. The lowest BCUT2D eigenvalue weighted by molar-refractivity contribution is -0.384. The van der Waals surface area contributed by atoms with Crippen LogP contribution in [0.2, 0.25) is 0 Å². The van der Waals surface area contributed by atoms with E-state index in [1.54, 1.807) is 6.92 Å². The van der Waals surface area contributed by atoms with Crippen LogP contribution in [0, 0.1) is 17.0 Å². The molecule has 10 heteroatoms. The molecule has 3 rings (SSSR count). The first-order valence-corrected chi connectivity index (χ1v) is 9.40. The fourth-order valence-electron chi connectivity index (χ4n) is 3.32. The van der Waals surface area contributed by atoms with Crippen LogP contribution in [0.5, 0.6) is 0 Å². The number of nitro groups is 1. The summed E-state index contributed by atoms with van der Waals surface area (Å²) in [5.74, 6) is -0.525. The lowest BCUT2D eigenvalue weighted by atomic mass is 10.1. The molecule has 7 nitrogen and oxygen atoms in total. The summed E-state index contributed by atoms with van der Waals surface area (Å²) in [6.45, 7) is 2.87. The van der Waals surface area contributed by atoms with Gasteiger partial charge in [-0.2, -0.15) is 13.2 Å². The first-order chi connectivity index (χ1) is 14.1. The smallest absolute Gasteiger partial charge is 0.374 e. The number of halogens is 3. The highest BCUT2D eigenvalue weighted by molar-refractivity contribution is 5.95. The second kappa shape index (κ2) is 8.60. The fraction of sp³-hybridized carbons (Fsp3) is 0.350. The molecule has 30 heavy (non-hydrogen) atoms. The molecule has 0 unspecified atom stereocenters. The van der Waals surface area contributed by atoms with E-state index in [9.17, 15) is 28.1 Å². The number of amides is 1. The van der Waals surface area contributed by atoms with E-state index in [1.807, 2.05) is 4.90 Å². The SMILES string of the molecule is Cc1ccc([N+](=O)[O-])cc1NC(=O)CNc1cc(C(F)(F)F)ccc1N1CCCC1. The minimum absolute atomic E-state index is 0.168. The lowest BCUT2D eigenvalue weighted by Gasteiger charge is -2.23. The number of rotatable bonds is 6. The number of anilines is 3. The molecule has 160 valence electrons. The number of hydrogen-bond acceptors (Lipinski definition) is 5. The molecule has 1 fully saturated rings. The van der Waals surface area contributed by atoms with Crippen LogP contribution < -0.4 is 15.5 Å². The Morgan fingerprint density at radius 2 is 1.83 bits per heavy atom. The number of nitro benzene ring substituents is 1. The molecule has 1 aliphatic heterocycles. The highest BCUT2D eigenvalue weighted by atomic mass is 19.4. The second-order valence-corrected chi connectivity index (χ2v) is 7.08. The maximum absolute atomic E-state index is 13.1.